The highest BCUT2D eigenvalue weighted by Gasteiger charge is 2.26. The maximum atomic E-state index is 12.8. The molecule has 2 amide bonds. The first-order chi connectivity index (χ1) is 13.5. The zero-order valence-electron chi connectivity index (χ0n) is 15.8. The number of likely N-dealkylation sites (tertiary alicyclic amines) is 1. The van der Waals surface area contributed by atoms with Crippen molar-refractivity contribution in [2.24, 2.45) is 5.73 Å². The fraction of sp³-hybridized carbons (Fsp3) is 0.333. The zero-order chi connectivity index (χ0) is 19.7. The van der Waals surface area contributed by atoms with Crippen LogP contribution in [-0.4, -0.2) is 44.8 Å². The molecule has 0 radical (unpaired) electrons. The quantitative estimate of drug-likeness (QED) is 0.728. The second kappa shape index (κ2) is 7.42. The highest BCUT2D eigenvalue weighted by molar-refractivity contribution is 5.93. The molecule has 4 rings (SSSR count). The number of hydrogen-bond acceptors (Lipinski definition) is 4. The van der Waals surface area contributed by atoms with Crippen molar-refractivity contribution < 1.29 is 9.59 Å². The molecule has 1 fully saturated rings. The molecule has 1 aliphatic rings. The predicted octanol–water partition coefficient (Wildman–Crippen LogP) is 2.31. The number of rotatable bonds is 4. The number of benzene rings is 1. The van der Waals surface area contributed by atoms with Crippen LogP contribution in [0.3, 0.4) is 0 Å². The Kier molecular flexibility index (Phi) is 4.81. The zero-order valence-corrected chi connectivity index (χ0v) is 15.8. The minimum Gasteiger partial charge on any atom is -0.365 e. The smallest absolute Gasteiger partial charge is 0.252 e. The number of carbonyl (C=O) groups is 2. The van der Waals surface area contributed by atoms with Gasteiger partial charge in [-0.3, -0.25) is 9.59 Å². The Labute approximate surface area is 163 Å². The first kappa shape index (κ1) is 18.2. The van der Waals surface area contributed by atoms with Crippen molar-refractivity contribution in [2.75, 3.05) is 13.1 Å². The van der Waals surface area contributed by atoms with Gasteiger partial charge in [0.25, 0.3) is 5.91 Å². The average molecular weight is 377 g/mol. The first-order valence-electron chi connectivity index (χ1n) is 9.49. The SMILES string of the molecule is Cc1nc(C2CCN(C(=O)Cc3c[nH]c4ccccc34)CC2)ncc1C(N)=O. The second-order valence-electron chi connectivity index (χ2n) is 7.28. The lowest BCUT2D eigenvalue weighted by molar-refractivity contribution is -0.131. The summed E-state index contributed by atoms with van der Waals surface area (Å²) in [7, 11) is 0. The molecule has 0 spiro atoms. The van der Waals surface area contributed by atoms with Crippen LogP contribution in [0.15, 0.2) is 36.7 Å². The second-order valence-corrected chi connectivity index (χ2v) is 7.28. The molecule has 3 heterocycles. The van der Waals surface area contributed by atoms with E-state index in [2.05, 4.69) is 15.0 Å². The molecular weight excluding hydrogens is 354 g/mol. The molecule has 7 nitrogen and oxygen atoms in total. The van der Waals surface area contributed by atoms with E-state index >= 15 is 0 Å². The molecule has 1 aromatic carbocycles. The van der Waals surface area contributed by atoms with Gasteiger partial charge in [-0.15, -0.1) is 0 Å². The minimum atomic E-state index is -0.512. The van der Waals surface area contributed by atoms with Crippen LogP contribution in [0.5, 0.6) is 0 Å². The van der Waals surface area contributed by atoms with Gasteiger partial charge in [-0.2, -0.15) is 0 Å². The largest absolute Gasteiger partial charge is 0.365 e. The van der Waals surface area contributed by atoms with E-state index in [0.29, 0.717) is 30.8 Å². The molecule has 3 aromatic rings. The number of fused-ring (bicyclic) bond motifs is 1. The van der Waals surface area contributed by atoms with E-state index in [9.17, 15) is 9.59 Å². The number of H-pyrrole nitrogens is 1. The molecular formula is C21H23N5O2. The Morgan fingerprint density at radius 1 is 1.25 bits per heavy atom. The van der Waals surface area contributed by atoms with Crippen LogP contribution < -0.4 is 5.73 Å². The van der Waals surface area contributed by atoms with Crippen LogP contribution >= 0.6 is 0 Å². The maximum Gasteiger partial charge on any atom is 0.252 e. The third kappa shape index (κ3) is 3.47. The van der Waals surface area contributed by atoms with Gasteiger partial charge < -0.3 is 15.6 Å². The van der Waals surface area contributed by atoms with Crippen molar-refractivity contribution in [2.45, 2.75) is 32.1 Å². The molecule has 2 aromatic heterocycles. The summed E-state index contributed by atoms with van der Waals surface area (Å²) in [5.74, 6) is 0.551. The van der Waals surface area contributed by atoms with Gasteiger partial charge in [0.05, 0.1) is 17.7 Å². The number of carbonyl (C=O) groups excluding carboxylic acids is 2. The van der Waals surface area contributed by atoms with Gasteiger partial charge >= 0.3 is 0 Å². The monoisotopic (exact) mass is 377 g/mol. The molecule has 1 aliphatic heterocycles. The van der Waals surface area contributed by atoms with Crippen molar-refractivity contribution in [1.29, 1.82) is 0 Å². The van der Waals surface area contributed by atoms with Crippen molar-refractivity contribution in [1.82, 2.24) is 19.9 Å². The Bertz CT molecular complexity index is 1030. The molecule has 0 unspecified atom stereocenters. The Balaban J connectivity index is 1.39. The average Bonchev–Trinajstić information content (AvgIpc) is 3.10. The van der Waals surface area contributed by atoms with Crippen LogP contribution in [0.4, 0.5) is 0 Å². The summed E-state index contributed by atoms with van der Waals surface area (Å²) >= 11 is 0. The number of nitrogens with two attached hydrogens (primary N) is 1. The molecule has 0 aliphatic carbocycles. The number of piperidine rings is 1. The van der Waals surface area contributed by atoms with Crippen LogP contribution in [-0.2, 0) is 11.2 Å². The Morgan fingerprint density at radius 3 is 2.71 bits per heavy atom. The van der Waals surface area contributed by atoms with Crippen molar-refractivity contribution in [3.8, 4) is 0 Å². The third-order valence-corrected chi connectivity index (χ3v) is 5.49. The van der Waals surface area contributed by atoms with Crippen molar-refractivity contribution in [3.05, 3.63) is 59.3 Å². The van der Waals surface area contributed by atoms with E-state index in [1.165, 1.54) is 6.20 Å². The van der Waals surface area contributed by atoms with Gasteiger partial charge in [-0.25, -0.2) is 9.97 Å². The van der Waals surface area contributed by atoms with E-state index in [4.69, 9.17) is 5.73 Å². The summed E-state index contributed by atoms with van der Waals surface area (Å²) in [6, 6.07) is 8.02. The van der Waals surface area contributed by atoms with Crippen LogP contribution in [0.25, 0.3) is 10.9 Å². The highest BCUT2D eigenvalue weighted by Crippen LogP contribution is 2.27. The summed E-state index contributed by atoms with van der Waals surface area (Å²) < 4.78 is 0. The van der Waals surface area contributed by atoms with E-state index in [1.54, 1.807) is 6.92 Å². The topological polar surface area (TPSA) is 105 Å². The van der Waals surface area contributed by atoms with Gasteiger partial charge in [0.15, 0.2) is 0 Å². The molecule has 0 saturated carbocycles. The van der Waals surface area contributed by atoms with Gasteiger partial charge in [0, 0.05) is 42.3 Å². The number of aromatic amines is 1. The lowest BCUT2D eigenvalue weighted by atomic mass is 9.95. The van der Waals surface area contributed by atoms with Gasteiger partial charge in [-0.05, 0) is 31.4 Å². The number of amides is 2. The normalized spacial score (nSPS) is 15.1. The van der Waals surface area contributed by atoms with Crippen molar-refractivity contribution >= 4 is 22.7 Å². The van der Waals surface area contributed by atoms with E-state index in [-0.39, 0.29) is 11.8 Å². The fourth-order valence-electron chi connectivity index (χ4n) is 3.86. The van der Waals surface area contributed by atoms with E-state index < -0.39 is 5.91 Å². The number of para-hydroxylation sites is 1. The standard InChI is InChI=1S/C21H23N5O2/c1-13-17(20(22)28)12-24-21(25-13)14-6-8-26(9-7-14)19(27)10-15-11-23-18-5-3-2-4-16(15)18/h2-5,11-12,14,23H,6-10H2,1H3,(H2,22,28). The van der Waals surface area contributed by atoms with Gasteiger partial charge in [0.1, 0.15) is 5.82 Å². The number of primary amides is 1. The van der Waals surface area contributed by atoms with Gasteiger partial charge in [0.2, 0.25) is 5.91 Å². The lowest BCUT2D eigenvalue weighted by Gasteiger charge is -2.31. The lowest BCUT2D eigenvalue weighted by Crippen LogP contribution is -2.39. The predicted molar refractivity (Wildman–Crippen MR) is 106 cm³/mol. The van der Waals surface area contributed by atoms with Crippen LogP contribution in [0, 0.1) is 6.92 Å². The molecule has 0 atom stereocenters. The summed E-state index contributed by atoms with van der Waals surface area (Å²) in [5, 5.41) is 1.10. The van der Waals surface area contributed by atoms with E-state index in [1.807, 2.05) is 35.4 Å². The molecule has 7 heteroatoms. The summed E-state index contributed by atoms with van der Waals surface area (Å²) in [4.78, 5) is 38.0. The van der Waals surface area contributed by atoms with Gasteiger partial charge in [-0.1, -0.05) is 18.2 Å². The maximum absolute atomic E-state index is 12.8. The van der Waals surface area contributed by atoms with Crippen LogP contribution in [0.2, 0.25) is 0 Å². The van der Waals surface area contributed by atoms with Crippen molar-refractivity contribution in [3.63, 3.8) is 0 Å². The Hall–Kier alpha value is -3.22. The fourth-order valence-corrected chi connectivity index (χ4v) is 3.86. The van der Waals surface area contributed by atoms with E-state index in [0.717, 1.165) is 35.1 Å². The van der Waals surface area contributed by atoms with Crippen LogP contribution in [0.1, 0.15) is 46.2 Å². The number of nitrogens with zero attached hydrogens (tertiary/aromatic N) is 3. The first-order valence-corrected chi connectivity index (χ1v) is 9.49. The summed E-state index contributed by atoms with van der Waals surface area (Å²) in [5.41, 5.74) is 8.37. The molecule has 144 valence electrons. The molecule has 1 saturated heterocycles. The summed E-state index contributed by atoms with van der Waals surface area (Å²) in [6.07, 6.45) is 5.46. The number of nitrogens with one attached hydrogen (secondary N) is 1. The third-order valence-electron chi connectivity index (χ3n) is 5.49. The number of hydrogen-bond donors (Lipinski definition) is 2. The highest BCUT2D eigenvalue weighted by atomic mass is 16.2. The molecule has 3 N–H and O–H groups in total. The minimum absolute atomic E-state index is 0.143. The Morgan fingerprint density at radius 2 is 2.00 bits per heavy atom. The number of aromatic nitrogens is 3. The summed E-state index contributed by atoms with van der Waals surface area (Å²) in [6.45, 7) is 3.14. The number of aryl methyl sites for hydroxylation is 1. The molecule has 28 heavy (non-hydrogen) atoms. The molecule has 0 bridgehead atoms.